The quantitative estimate of drug-likeness (QED) is 0.721. The van der Waals surface area contributed by atoms with Crippen LogP contribution in [-0.2, 0) is 6.54 Å². The van der Waals surface area contributed by atoms with E-state index in [0.29, 0.717) is 12.3 Å². The van der Waals surface area contributed by atoms with Gasteiger partial charge in [-0.25, -0.2) is 9.50 Å². The Bertz CT molecular complexity index is 660. The van der Waals surface area contributed by atoms with E-state index >= 15 is 0 Å². The van der Waals surface area contributed by atoms with Crippen molar-refractivity contribution < 1.29 is 0 Å². The van der Waals surface area contributed by atoms with Crippen LogP contribution in [0.1, 0.15) is 24.5 Å². The molecular formula is C14H16N6. The van der Waals surface area contributed by atoms with Gasteiger partial charge >= 0.3 is 0 Å². The maximum absolute atomic E-state index is 4.41. The first kappa shape index (κ1) is 12.7. The molecule has 0 aromatic carbocycles. The molecule has 0 bridgehead atoms. The van der Waals surface area contributed by atoms with Gasteiger partial charge in [-0.2, -0.15) is 4.98 Å². The van der Waals surface area contributed by atoms with E-state index in [1.165, 1.54) is 0 Å². The Morgan fingerprint density at radius 2 is 2.05 bits per heavy atom. The summed E-state index contributed by atoms with van der Waals surface area (Å²) in [5, 5.41) is 4.41. The summed E-state index contributed by atoms with van der Waals surface area (Å²) in [5.41, 5.74) is 1.04. The van der Waals surface area contributed by atoms with Crippen molar-refractivity contribution in [3.05, 3.63) is 54.4 Å². The Kier molecular flexibility index (Phi) is 3.39. The first-order valence-corrected chi connectivity index (χ1v) is 6.51. The van der Waals surface area contributed by atoms with E-state index in [4.69, 9.17) is 0 Å². The van der Waals surface area contributed by atoms with Gasteiger partial charge in [0.05, 0.1) is 12.2 Å². The van der Waals surface area contributed by atoms with Gasteiger partial charge in [0.1, 0.15) is 0 Å². The molecule has 0 radical (unpaired) electrons. The van der Waals surface area contributed by atoms with E-state index < -0.39 is 0 Å². The maximum atomic E-state index is 4.41. The Hall–Kier alpha value is -2.34. The average molecular weight is 268 g/mol. The van der Waals surface area contributed by atoms with Gasteiger partial charge in [-0.1, -0.05) is 6.07 Å². The molecule has 3 aromatic heterocycles. The molecule has 0 saturated carbocycles. The highest BCUT2D eigenvalue weighted by Crippen LogP contribution is 2.17. The third-order valence-corrected chi connectivity index (χ3v) is 3.33. The van der Waals surface area contributed by atoms with Crippen molar-refractivity contribution in [3.8, 4) is 0 Å². The minimum absolute atomic E-state index is 0.204. The number of hydrogen-bond acceptors (Lipinski definition) is 5. The van der Waals surface area contributed by atoms with E-state index in [-0.39, 0.29) is 6.04 Å². The standard InChI is InChI=1S/C14H16N6/c1-11(12-6-3-4-7-15-12)19(2)10-13-17-14-16-8-5-9-20(14)18-13/h3-9,11H,10H2,1-2H3. The molecule has 0 saturated heterocycles. The zero-order chi connectivity index (χ0) is 13.9. The first-order valence-electron chi connectivity index (χ1n) is 6.51. The molecule has 0 aliphatic carbocycles. The van der Waals surface area contributed by atoms with Crippen molar-refractivity contribution in [1.82, 2.24) is 29.5 Å². The first-order chi connectivity index (χ1) is 9.74. The molecule has 0 aliphatic rings. The van der Waals surface area contributed by atoms with Gasteiger partial charge in [-0.05, 0) is 32.2 Å². The fourth-order valence-electron chi connectivity index (χ4n) is 2.05. The Morgan fingerprint density at radius 3 is 2.80 bits per heavy atom. The molecule has 0 aliphatic heterocycles. The highest BCUT2D eigenvalue weighted by atomic mass is 15.3. The molecule has 0 fully saturated rings. The number of pyridine rings is 1. The number of fused-ring (bicyclic) bond motifs is 1. The molecule has 1 atom stereocenters. The van der Waals surface area contributed by atoms with Crippen molar-refractivity contribution >= 4 is 5.78 Å². The van der Waals surface area contributed by atoms with Gasteiger partial charge in [0.2, 0.25) is 0 Å². The molecule has 3 rings (SSSR count). The number of rotatable bonds is 4. The van der Waals surface area contributed by atoms with Gasteiger partial charge < -0.3 is 0 Å². The molecule has 0 N–H and O–H groups in total. The lowest BCUT2D eigenvalue weighted by Gasteiger charge is -2.22. The van der Waals surface area contributed by atoms with Crippen molar-refractivity contribution in [2.75, 3.05) is 7.05 Å². The molecule has 0 spiro atoms. The molecule has 1 unspecified atom stereocenters. The molecule has 6 heteroatoms. The molecule has 102 valence electrons. The third kappa shape index (κ3) is 2.50. The zero-order valence-corrected chi connectivity index (χ0v) is 11.5. The van der Waals surface area contributed by atoms with Crippen LogP contribution in [0, 0.1) is 0 Å². The van der Waals surface area contributed by atoms with Gasteiger partial charge in [-0.3, -0.25) is 9.88 Å². The summed E-state index contributed by atoms with van der Waals surface area (Å²) < 4.78 is 1.69. The fourth-order valence-corrected chi connectivity index (χ4v) is 2.05. The minimum atomic E-state index is 0.204. The van der Waals surface area contributed by atoms with Crippen LogP contribution in [0.25, 0.3) is 5.78 Å². The van der Waals surface area contributed by atoms with Crippen LogP contribution in [0.3, 0.4) is 0 Å². The lowest BCUT2D eigenvalue weighted by atomic mass is 10.2. The van der Waals surface area contributed by atoms with Crippen LogP contribution in [0.2, 0.25) is 0 Å². The lowest BCUT2D eigenvalue weighted by Crippen LogP contribution is -2.23. The second-order valence-electron chi connectivity index (χ2n) is 4.74. The minimum Gasteiger partial charge on any atom is -0.291 e. The Labute approximate surface area is 117 Å². The predicted molar refractivity (Wildman–Crippen MR) is 74.9 cm³/mol. The van der Waals surface area contributed by atoms with Gasteiger partial charge in [0.25, 0.3) is 5.78 Å². The summed E-state index contributed by atoms with van der Waals surface area (Å²) in [6, 6.07) is 7.99. The topological polar surface area (TPSA) is 59.2 Å². The molecule has 3 aromatic rings. The number of nitrogens with zero attached hydrogens (tertiary/aromatic N) is 6. The zero-order valence-electron chi connectivity index (χ0n) is 11.5. The van der Waals surface area contributed by atoms with E-state index in [1.807, 2.05) is 43.7 Å². The molecule has 20 heavy (non-hydrogen) atoms. The van der Waals surface area contributed by atoms with Crippen molar-refractivity contribution in [2.24, 2.45) is 0 Å². The van der Waals surface area contributed by atoms with Gasteiger partial charge in [0, 0.05) is 24.6 Å². The average Bonchev–Trinajstić information content (AvgIpc) is 2.89. The normalized spacial score (nSPS) is 12.9. The highest BCUT2D eigenvalue weighted by molar-refractivity contribution is 5.24. The Balaban J connectivity index is 1.76. The predicted octanol–water partition coefficient (Wildman–Crippen LogP) is 1.71. The second-order valence-corrected chi connectivity index (χ2v) is 4.74. The summed E-state index contributed by atoms with van der Waals surface area (Å²) in [6.45, 7) is 2.78. The Morgan fingerprint density at radius 1 is 1.20 bits per heavy atom. The van der Waals surface area contributed by atoms with Crippen LogP contribution in [0.4, 0.5) is 0 Å². The van der Waals surface area contributed by atoms with Crippen LogP contribution in [-0.4, -0.2) is 36.5 Å². The smallest absolute Gasteiger partial charge is 0.252 e. The molecule has 6 nitrogen and oxygen atoms in total. The van der Waals surface area contributed by atoms with Gasteiger partial charge in [0.15, 0.2) is 5.82 Å². The van der Waals surface area contributed by atoms with E-state index in [9.17, 15) is 0 Å². The van der Waals surface area contributed by atoms with Crippen molar-refractivity contribution in [1.29, 1.82) is 0 Å². The van der Waals surface area contributed by atoms with E-state index in [2.05, 4.69) is 31.9 Å². The SMILES string of the molecule is CC(c1ccccn1)N(C)Cc1nc2ncccn2n1. The van der Waals surface area contributed by atoms with Crippen LogP contribution in [0.15, 0.2) is 42.9 Å². The summed E-state index contributed by atoms with van der Waals surface area (Å²) in [5.74, 6) is 1.38. The summed E-state index contributed by atoms with van der Waals surface area (Å²) in [4.78, 5) is 15.1. The fraction of sp³-hybridized carbons (Fsp3) is 0.286. The second kappa shape index (κ2) is 5.34. The van der Waals surface area contributed by atoms with Gasteiger partial charge in [-0.15, -0.1) is 5.10 Å². The van der Waals surface area contributed by atoms with Crippen molar-refractivity contribution in [3.63, 3.8) is 0 Å². The maximum Gasteiger partial charge on any atom is 0.252 e. The van der Waals surface area contributed by atoms with Crippen LogP contribution >= 0.6 is 0 Å². The van der Waals surface area contributed by atoms with E-state index in [1.54, 1.807) is 10.7 Å². The number of aromatic nitrogens is 5. The summed E-state index contributed by atoms with van der Waals surface area (Å²) in [7, 11) is 2.04. The van der Waals surface area contributed by atoms with Crippen LogP contribution in [0.5, 0.6) is 0 Å². The van der Waals surface area contributed by atoms with Crippen molar-refractivity contribution in [2.45, 2.75) is 19.5 Å². The lowest BCUT2D eigenvalue weighted by molar-refractivity contribution is 0.243. The highest BCUT2D eigenvalue weighted by Gasteiger charge is 2.15. The summed E-state index contributed by atoms with van der Waals surface area (Å²) >= 11 is 0. The molecule has 3 heterocycles. The number of hydrogen-bond donors (Lipinski definition) is 0. The summed E-state index contributed by atoms with van der Waals surface area (Å²) in [6.07, 6.45) is 5.38. The monoisotopic (exact) mass is 268 g/mol. The molecular weight excluding hydrogens is 252 g/mol. The van der Waals surface area contributed by atoms with E-state index in [0.717, 1.165) is 11.5 Å². The van der Waals surface area contributed by atoms with Crippen LogP contribution < -0.4 is 0 Å². The molecule has 0 amide bonds. The largest absolute Gasteiger partial charge is 0.291 e. The third-order valence-electron chi connectivity index (χ3n) is 3.33.